The fraction of sp³-hybridized carbons (Fsp3) is 0.410. The van der Waals surface area contributed by atoms with Crippen LogP contribution in [0.3, 0.4) is 0 Å². The highest BCUT2D eigenvalue weighted by molar-refractivity contribution is 5.05. The fourth-order valence-electron chi connectivity index (χ4n) is 4.62. The molecule has 0 bridgehead atoms. The standard InChI is InChI=1S/12C6H6.21C2H6.8CH4/c12*1-2-4-6-5-3-1;21*1-2;;;;;;;;/h12*1-6H;21*1-2H3;8*1H4. The molecule has 0 aliphatic rings. The molecule has 0 aliphatic carbocycles. The van der Waals surface area contributed by atoms with Crippen molar-refractivity contribution in [3.05, 3.63) is 437 Å². The molecule has 718 valence electrons. The van der Waals surface area contributed by atoms with Crippen LogP contribution in [0, 0.1) is 0 Å². The maximum atomic E-state index is 2.00. The predicted octanol–water partition coefficient (Wildman–Crippen LogP) is 46.9. The second kappa shape index (κ2) is 348. The Labute approximate surface area is 782 Å². The summed E-state index contributed by atoms with van der Waals surface area (Å²) in [6.07, 6.45) is 0. The summed E-state index contributed by atoms with van der Waals surface area (Å²) in [7, 11) is 0. The molecule has 0 radical (unpaired) electrons. The molecule has 0 N–H and O–H groups in total. The number of hydrogen-bond acceptors (Lipinski definition) is 0. The molecule has 0 heteroatoms. The predicted molar refractivity (Wildman–Crippen MR) is 609 cm³/mol. The first-order chi connectivity index (χ1) is 57.0. The van der Waals surface area contributed by atoms with E-state index in [-0.39, 0.29) is 59.4 Å². The van der Waals surface area contributed by atoms with Crippen molar-refractivity contribution in [1.82, 2.24) is 0 Å². The van der Waals surface area contributed by atoms with Crippen molar-refractivity contribution in [2.45, 2.75) is 350 Å². The smallest absolute Gasteiger partial charge is 0.0623 e. The van der Waals surface area contributed by atoms with Crippen LogP contribution in [0.2, 0.25) is 0 Å². The summed E-state index contributed by atoms with van der Waals surface area (Å²) >= 11 is 0. The Morgan fingerprint density at radius 1 is 0.0410 bits per heavy atom. The molecule has 0 heterocycles. The van der Waals surface area contributed by atoms with E-state index < -0.39 is 0 Å². The SMILES string of the molecule is C.C.C.C.C.C.C.C.CC.CC.CC.CC.CC.CC.CC.CC.CC.CC.CC.CC.CC.CC.CC.CC.CC.CC.CC.CC.CC.c1ccccc1.c1ccccc1.c1ccccc1.c1ccccc1.c1ccccc1.c1ccccc1.c1ccccc1.c1ccccc1.c1ccccc1.c1ccccc1.c1ccccc1.c1ccccc1. The van der Waals surface area contributed by atoms with E-state index in [2.05, 4.69) is 0 Å². The Morgan fingerprint density at radius 3 is 0.0574 bits per heavy atom. The molecule has 0 amide bonds. The van der Waals surface area contributed by atoms with Crippen LogP contribution in [0.1, 0.15) is 350 Å². The molecule has 12 aromatic carbocycles. The maximum absolute atomic E-state index is 2.00. The number of rotatable bonds is 0. The minimum atomic E-state index is 0. The van der Waals surface area contributed by atoms with Gasteiger partial charge in [0.25, 0.3) is 0 Å². The van der Waals surface area contributed by atoms with Gasteiger partial charge < -0.3 is 0 Å². The monoisotopic (exact) mass is 1700 g/mol. The van der Waals surface area contributed by atoms with Crippen molar-refractivity contribution in [1.29, 1.82) is 0 Å². The molecule has 12 aromatic rings. The van der Waals surface area contributed by atoms with Gasteiger partial charge in [-0.1, -0.05) is 787 Å². The molecule has 0 saturated heterocycles. The van der Waals surface area contributed by atoms with E-state index in [0.29, 0.717) is 0 Å². The summed E-state index contributed by atoms with van der Waals surface area (Å²) in [5, 5.41) is 0. The molecule has 0 fully saturated rings. The summed E-state index contributed by atoms with van der Waals surface area (Å²) in [4.78, 5) is 0. The quantitative estimate of drug-likeness (QED) is 0.142. The molecule has 0 unspecified atom stereocenters. The topological polar surface area (TPSA) is 0 Å². The van der Waals surface area contributed by atoms with Crippen molar-refractivity contribution >= 4 is 0 Å². The van der Waals surface area contributed by atoms with Crippen molar-refractivity contribution < 1.29 is 0 Å². The van der Waals surface area contributed by atoms with Crippen LogP contribution in [0.5, 0.6) is 0 Å². The molecular formula is C122H230. The third-order valence-electron chi connectivity index (χ3n) is 8.00. The fourth-order valence-corrected chi connectivity index (χ4v) is 4.62. The van der Waals surface area contributed by atoms with Crippen LogP contribution < -0.4 is 0 Å². The van der Waals surface area contributed by atoms with Crippen LogP contribution in [-0.4, -0.2) is 0 Å². The van der Waals surface area contributed by atoms with Crippen LogP contribution in [0.4, 0.5) is 0 Å². The van der Waals surface area contributed by atoms with Gasteiger partial charge in [-0.2, -0.15) is 0 Å². The van der Waals surface area contributed by atoms with E-state index in [1.165, 1.54) is 0 Å². The van der Waals surface area contributed by atoms with Gasteiger partial charge in [-0.15, -0.1) is 0 Å². The molecular weight excluding hydrogens is 1470 g/mol. The van der Waals surface area contributed by atoms with Crippen molar-refractivity contribution in [2.24, 2.45) is 0 Å². The van der Waals surface area contributed by atoms with E-state index in [0.717, 1.165) is 0 Å². The van der Waals surface area contributed by atoms with Gasteiger partial charge in [0, 0.05) is 0 Å². The van der Waals surface area contributed by atoms with Gasteiger partial charge >= 0.3 is 0 Å². The lowest BCUT2D eigenvalue weighted by Crippen LogP contribution is -1.47. The van der Waals surface area contributed by atoms with Crippen molar-refractivity contribution in [3.63, 3.8) is 0 Å². The normalized spacial score (nSPS) is 5.75. The van der Waals surface area contributed by atoms with Crippen LogP contribution in [0.25, 0.3) is 0 Å². The lowest BCUT2D eigenvalue weighted by Gasteiger charge is -1.69. The van der Waals surface area contributed by atoms with Crippen LogP contribution in [0.15, 0.2) is 437 Å². The Balaban J connectivity index is -0.0000000274. The summed E-state index contributed by atoms with van der Waals surface area (Å²) in [6.45, 7) is 84.0. The van der Waals surface area contributed by atoms with Gasteiger partial charge in [0.2, 0.25) is 0 Å². The molecule has 0 aromatic heterocycles. The summed E-state index contributed by atoms with van der Waals surface area (Å²) in [5.41, 5.74) is 0. The zero-order valence-electron chi connectivity index (χ0n) is 83.6. The largest absolute Gasteiger partial charge is 0.0776 e. The Morgan fingerprint density at radius 2 is 0.0492 bits per heavy atom. The van der Waals surface area contributed by atoms with E-state index in [1.807, 2.05) is 728 Å². The van der Waals surface area contributed by atoms with Gasteiger partial charge in [-0.05, 0) is 0 Å². The number of benzene rings is 12. The summed E-state index contributed by atoms with van der Waals surface area (Å²) < 4.78 is 0. The first kappa shape index (κ1) is 201. The van der Waals surface area contributed by atoms with Gasteiger partial charge in [-0.3, -0.25) is 0 Å². The lowest BCUT2D eigenvalue weighted by atomic mass is 10.4. The van der Waals surface area contributed by atoms with Crippen LogP contribution in [-0.2, 0) is 0 Å². The third-order valence-corrected chi connectivity index (χ3v) is 8.00. The molecule has 0 aliphatic heterocycles. The second-order valence-corrected chi connectivity index (χ2v) is 13.9. The highest BCUT2D eigenvalue weighted by Crippen LogP contribution is 1.86. The number of hydrogen-bond donors (Lipinski definition) is 0. The minimum Gasteiger partial charge on any atom is -0.0776 e. The first-order valence-corrected chi connectivity index (χ1v) is 45.0. The highest BCUT2D eigenvalue weighted by atomic mass is 13.7. The van der Waals surface area contributed by atoms with Gasteiger partial charge in [0.05, 0.1) is 0 Å². The average Bonchev–Trinajstić information content (AvgIpc) is 3.02. The second-order valence-electron chi connectivity index (χ2n) is 13.9. The zero-order valence-corrected chi connectivity index (χ0v) is 83.6. The van der Waals surface area contributed by atoms with Crippen molar-refractivity contribution in [3.8, 4) is 0 Å². The minimum absolute atomic E-state index is 0. The molecule has 122 heavy (non-hydrogen) atoms. The van der Waals surface area contributed by atoms with Gasteiger partial charge in [-0.25, -0.2) is 0 Å². The van der Waals surface area contributed by atoms with Gasteiger partial charge in [0.1, 0.15) is 0 Å². The first-order valence-electron chi connectivity index (χ1n) is 45.0. The van der Waals surface area contributed by atoms with E-state index in [4.69, 9.17) is 0 Å². The summed E-state index contributed by atoms with van der Waals surface area (Å²) in [6, 6.07) is 144. The van der Waals surface area contributed by atoms with Crippen LogP contribution >= 0.6 is 0 Å². The molecule has 0 spiro atoms. The Kier molecular flexibility index (Phi) is 573. The zero-order chi connectivity index (χ0) is 92.9. The summed E-state index contributed by atoms with van der Waals surface area (Å²) in [5.74, 6) is 0. The highest BCUT2D eigenvalue weighted by Gasteiger charge is 1.64. The van der Waals surface area contributed by atoms with E-state index >= 15 is 0 Å². The maximum Gasteiger partial charge on any atom is -0.0623 e. The molecule has 0 nitrogen and oxygen atoms in total. The van der Waals surface area contributed by atoms with Gasteiger partial charge in [0.15, 0.2) is 0 Å². The Hall–Kier alpha value is -9.36. The lowest BCUT2D eigenvalue weighted by molar-refractivity contribution is 1.50. The van der Waals surface area contributed by atoms with E-state index in [1.54, 1.807) is 0 Å². The van der Waals surface area contributed by atoms with E-state index in [9.17, 15) is 0 Å². The Bertz CT molecular complexity index is 1540. The molecule has 12 rings (SSSR count). The molecule has 0 atom stereocenters. The van der Waals surface area contributed by atoms with Crippen molar-refractivity contribution in [2.75, 3.05) is 0 Å². The molecule has 0 saturated carbocycles. The average molecular weight is 1700 g/mol. The third kappa shape index (κ3) is 339.